The molecule has 0 unspecified atom stereocenters. The summed E-state index contributed by atoms with van der Waals surface area (Å²) >= 11 is 0. The number of carbonyl (C=O) groups is 2. The van der Waals surface area contributed by atoms with Gasteiger partial charge in [-0.05, 0) is 70.8 Å². The molecule has 0 saturated heterocycles. The first kappa shape index (κ1) is 29.9. The SMILES string of the molecule is C.C.CN=P(C)(Oc1ccc(-c2ccc(C(=O)O)cc2)cc1)Oc1ccc(-c2ccc(C(=O)O)cc2)cc1. The number of carboxylic acids is 2. The molecule has 0 aliphatic carbocycles. The average molecular weight is 534 g/mol. The fraction of sp³-hybridized carbons (Fsp3) is 0.133. The molecule has 4 rings (SSSR count). The molecule has 4 aromatic carbocycles. The Labute approximate surface area is 223 Å². The molecule has 0 heterocycles. The van der Waals surface area contributed by atoms with E-state index in [4.69, 9.17) is 19.3 Å². The summed E-state index contributed by atoms with van der Waals surface area (Å²) in [5.74, 6) is -0.697. The number of aromatic carboxylic acids is 2. The Morgan fingerprint density at radius 1 is 0.579 bits per heavy atom. The van der Waals surface area contributed by atoms with E-state index in [9.17, 15) is 9.59 Å². The highest BCUT2D eigenvalue weighted by atomic mass is 31.2. The third-order valence-electron chi connectivity index (χ3n) is 5.55. The van der Waals surface area contributed by atoms with Gasteiger partial charge in [0.15, 0.2) is 0 Å². The Bertz CT molecular complexity index is 1320. The van der Waals surface area contributed by atoms with Crippen molar-refractivity contribution in [1.82, 2.24) is 0 Å². The number of carboxylic acid groups (broad SMARTS) is 2. The predicted molar refractivity (Wildman–Crippen MR) is 154 cm³/mol. The molecule has 0 atom stereocenters. The van der Waals surface area contributed by atoms with Crippen LogP contribution in [0.15, 0.2) is 102 Å². The zero-order valence-corrected chi connectivity index (χ0v) is 20.6. The standard InChI is InChI=1S/C28H24NO6P.2CH4/c1-29-36(2,34-25-15-11-21(12-16-25)19-3-7-23(8-4-19)27(30)31)35-26-17-13-22(14-18-26)20-5-9-24(10-6-20)28(32)33;;/h3-18H,1-2H3,(H,30,31)(H,32,33);2*1H4. The number of benzene rings is 4. The van der Waals surface area contributed by atoms with Crippen LogP contribution in [-0.4, -0.2) is 35.9 Å². The van der Waals surface area contributed by atoms with Gasteiger partial charge >= 0.3 is 19.4 Å². The lowest BCUT2D eigenvalue weighted by atomic mass is 10.0. The van der Waals surface area contributed by atoms with E-state index in [2.05, 4.69) is 4.74 Å². The molecule has 2 N–H and O–H groups in total. The van der Waals surface area contributed by atoms with Gasteiger partial charge in [-0.1, -0.05) is 63.4 Å². The van der Waals surface area contributed by atoms with Gasteiger partial charge in [-0.15, -0.1) is 0 Å². The van der Waals surface area contributed by atoms with E-state index in [0.29, 0.717) is 11.5 Å². The number of hydrogen-bond donors (Lipinski definition) is 2. The summed E-state index contributed by atoms with van der Waals surface area (Å²) in [6.07, 6.45) is 0. The highest BCUT2D eigenvalue weighted by Crippen LogP contribution is 2.48. The minimum atomic E-state index is -2.61. The second-order valence-electron chi connectivity index (χ2n) is 8.00. The Hall–Kier alpha value is -4.35. The minimum Gasteiger partial charge on any atom is -0.478 e. The molecule has 198 valence electrons. The van der Waals surface area contributed by atoms with Crippen molar-refractivity contribution in [2.24, 2.45) is 4.74 Å². The lowest BCUT2D eigenvalue weighted by Gasteiger charge is -2.21. The Kier molecular flexibility index (Phi) is 10.0. The number of hydrogen-bond acceptors (Lipinski definition) is 5. The topological polar surface area (TPSA) is 105 Å². The van der Waals surface area contributed by atoms with Crippen molar-refractivity contribution in [3.63, 3.8) is 0 Å². The zero-order valence-electron chi connectivity index (χ0n) is 19.7. The van der Waals surface area contributed by atoms with Crippen LogP contribution in [-0.2, 0) is 0 Å². The molecule has 0 aliphatic heterocycles. The smallest absolute Gasteiger partial charge is 0.335 e. The summed E-state index contributed by atoms with van der Waals surface area (Å²) in [5, 5.41) is 18.1. The van der Waals surface area contributed by atoms with Crippen molar-refractivity contribution in [2.45, 2.75) is 14.9 Å². The van der Waals surface area contributed by atoms with Gasteiger partial charge in [0.05, 0.1) is 11.1 Å². The number of rotatable bonds is 8. The van der Waals surface area contributed by atoms with Crippen molar-refractivity contribution in [3.05, 3.63) is 108 Å². The van der Waals surface area contributed by atoms with E-state index >= 15 is 0 Å². The second kappa shape index (κ2) is 12.7. The summed E-state index contributed by atoms with van der Waals surface area (Å²) in [7, 11) is -0.952. The Morgan fingerprint density at radius 2 is 0.842 bits per heavy atom. The van der Waals surface area contributed by atoms with Crippen molar-refractivity contribution >= 4 is 19.4 Å². The van der Waals surface area contributed by atoms with Gasteiger partial charge in [0, 0.05) is 13.7 Å². The first-order valence-electron chi connectivity index (χ1n) is 11.0. The van der Waals surface area contributed by atoms with Crippen LogP contribution in [0, 0.1) is 0 Å². The quantitative estimate of drug-likeness (QED) is 0.220. The van der Waals surface area contributed by atoms with E-state index in [0.717, 1.165) is 22.3 Å². The van der Waals surface area contributed by atoms with Crippen molar-refractivity contribution in [1.29, 1.82) is 0 Å². The maximum absolute atomic E-state index is 11.0. The summed E-state index contributed by atoms with van der Waals surface area (Å²) in [6.45, 7) is 1.82. The molecule has 8 heteroatoms. The van der Waals surface area contributed by atoms with Gasteiger partial charge in [-0.2, -0.15) is 0 Å². The monoisotopic (exact) mass is 533 g/mol. The van der Waals surface area contributed by atoms with Crippen LogP contribution in [0.2, 0.25) is 0 Å². The van der Waals surface area contributed by atoms with Crippen LogP contribution in [0.1, 0.15) is 35.6 Å². The first-order chi connectivity index (χ1) is 17.3. The molecular weight excluding hydrogens is 501 g/mol. The molecule has 4 aromatic rings. The molecule has 0 bridgehead atoms. The summed E-state index contributed by atoms with van der Waals surface area (Å²) in [5.41, 5.74) is 4.15. The lowest BCUT2D eigenvalue weighted by molar-refractivity contribution is 0.0686. The normalized spacial score (nSPS) is 10.4. The van der Waals surface area contributed by atoms with Gasteiger partial charge in [-0.25, -0.2) is 14.3 Å². The molecule has 0 radical (unpaired) electrons. The van der Waals surface area contributed by atoms with Crippen LogP contribution in [0.3, 0.4) is 0 Å². The zero-order chi connectivity index (χ0) is 25.7. The van der Waals surface area contributed by atoms with E-state index in [-0.39, 0.29) is 26.0 Å². The summed E-state index contributed by atoms with van der Waals surface area (Å²) < 4.78 is 16.7. The van der Waals surface area contributed by atoms with Crippen molar-refractivity contribution in [3.8, 4) is 33.8 Å². The fourth-order valence-electron chi connectivity index (χ4n) is 3.52. The molecule has 0 aliphatic rings. The van der Waals surface area contributed by atoms with Gasteiger partial charge in [0.1, 0.15) is 11.5 Å². The predicted octanol–water partition coefficient (Wildman–Crippen LogP) is 8.44. The molecule has 7 nitrogen and oxygen atoms in total. The van der Waals surface area contributed by atoms with Gasteiger partial charge in [0.25, 0.3) is 0 Å². The van der Waals surface area contributed by atoms with Crippen LogP contribution in [0.5, 0.6) is 11.5 Å². The number of nitrogens with zero attached hydrogens (tertiary/aromatic N) is 1. The fourth-order valence-corrected chi connectivity index (χ4v) is 4.74. The van der Waals surface area contributed by atoms with E-state index in [1.54, 1.807) is 55.6 Å². The van der Waals surface area contributed by atoms with Crippen LogP contribution >= 0.6 is 7.51 Å². The molecule has 0 saturated carbocycles. The van der Waals surface area contributed by atoms with Gasteiger partial charge in [-0.3, -0.25) is 0 Å². The lowest BCUT2D eigenvalue weighted by Crippen LogP contribution is -2.00. The minimum absolute atomic E-state index is 0. The molecular formula is C30H32NO6P. The molecule has 38 heavy (non-hydrogen) atoms. The third kappa shape index (κ3) is 7.11. The van der Waals surface area contributed by atoms with Gasteiger partial charge < -0.3 is 19.3 Å². The van der Waals surface area contributed by atoms with Crippen LogP contribution in [0.4, 0.5) is 0 Å². The van der Waals surface area contributed by atoms with Gasteiger partial charge in [0.2, 0.25) is 0 Å². The summed E-state index contributed by atoms with van der Waals surface area (Å²) in [4.78, 5) is 22.1. The first-order valence-corrected chi connectivity index (χ1v) is 13.0. The third-order valence-corrected chi connectivity index (χ3v) is 7.38. The van der Waals surface area contributed by atoms with Crippen LogP contribution in [0.25, 0.3) is 22.3 Å². The molecule has 0 fully saturated rings. The largest absolute Gasteiger partial charge is 0.478 e. The molecule has 0 aromatic heterocycles. The van der Waals surface area contributed by atoms with E-state index in [1.807, 2.05) is 55.2 Å². The molecule has 0 spiro atoms. The second-order valence-corrected chi connectivity index (χ2v) is 10.4. The van der Waals surface area contributed by atoms with E-state index in [1.165, 1.54) is 0 Å². The maximum atomic E-state index is 11.0. The van der Waals surface area contributed by atoms with Crippen molar-refractivity contribution in [2.75, 3.05) is 13.7 Å². The van der Waals surface area contributed by atoms with Crippen molar-refractivity contribution < 1.29 is 28.8 Å². The Morgan fingerprint density at radius 3 is 1.08 bits per heavy atom. The highest BCUT2D eigenvalue weighted by Gasteiger charge is 2.18. The average Bonchev–Trinajstić information content (AvgIpc) is 2.89. The highest BCUT2D eigenvalue weighted by molar-refractivity contribution is 7.56. The Balaban J connectivity index is 0.00000253. The summed E-state index contributed by atoms with van der Waals surface area (Å²) in [6, 6.07) is 28.3. The maximum Gasteiger partial charge on any atom is 0.335 e. The van der Waals surface area contributed by atoms with E-state index < -0.39 is 19.4 Å². The molecule has 0 amide bonds. The van der Waals surface area contributed by atoms with Crippen LogP contribution < -0.4 is 9.05 Å².